The van der Waals surface area contributed by atoms with Gasteiger partial charge in [0.25, 0.3) is 0 Å². The summed E-state index contributed by atoms with van der Waals surface area (Å²) in [7, 11) is 0. The number of aliphatic hydroxyl groups excluding tert-OH is 1. The van der Waals surface area contributed by atoms with Gasteiger partial charge in [0.15, 0.2) is 0 Å². The lowest BCUT2D eigenvalue weighted by Gasteiger charge is -1.94. The first-order valence-electron chi connectivity index (χ1n) is 2.01. The highest BCUT2D eigenvalue weighted by atomic mass is 35.5. The lowest BCUT2D eigenvalue weighted by atomic mass is 10.3. The van der Waals surface area contributed by atoms with Crippen LogP contribution in [-0.4, -0.2) is 17.1 Å². The molecule has 0 aliphatic rings. The van der Waals surface area contributed by atoms with Crippen LogP contribution in [-0.2, 0) is 0 Å². The van der Waals surface area contributed by atoms with Crippen molar-refractivity contribution in [3.63, 3.8) is 0 Å². The van der Waals surface area contributed by atoms with Gasteiger partial charge in [-0.25, -0.2) is 0 Å². The van der Waals surface area contributed by atoms with Gasteiger partial charge in [-0.05, 0) is 13.3 Å². The summed E-state index contributed by atoms with van der Waals surface area (Å²) < 4.78 is 0. The van der Waals surface area contributed by atoms with Gasteiger partial charge in [-0.1, -0.05) is 0 Å². The molecule has 0 radical (unpaired) electrons. The molecule has 0 spiro atoms. The van der Waals surface area contributed by atoms with Gasteiger partial charge >= 0.3 is 0 Å². The Kier molecular flexibility index (Phi) is 9.82. The Morgan fingerprint density at radius 3 is 2.14 bits per heavy atom. The van der Waals surface area contributed by atoms with E-state index < -0.39 is 0 Å². The van der Waals surface area contributed by atoms with Crippen molar-refractivity contribution in [2.24, 2.45) is 0 Å². The lowest BCUT2D eigenvalue weighted by Crippen LogP contribution is -1.98. The third-order valence-electron chi connectivity index (χ3n) is 0.527. The number of hydrogen-bond acceptors (Lipinski definition) is 1. The highest BCUT2D eigenvalue weighted by molar-refractivity contribution is 6.17. The van der Waals surface area contributed by atoms with Gasteiger partial charge in [-0.15, -0.1) is 24.0 Å². The van der Waals surface area contributed by atoms with Crippen molar-refractivity contribution in [1.82, 2.24) is 0 Å². The van der Waals surface area contributed by atoms with E-state index in [0.29, 0.717) is 12.3 Å². The third kappa shape index (κ3) is 10.8. The Balaban J connectivity index is 0. The van der Waals surface area contributed by atoms with Crippen molar-refractivity contribution in [2.75, 3.05) is 5.88 Å². The number of aliphatic hydroxyl groups is 1. The first-order chi connectivity index (χ1) is 2.77. The molecule has 0 saturated heterocycles. The number of hydrogen-bond donors (Lipinski definition) is 1. The molecule has 0 saturated carbocycles. The Morgan fingerprint density at radius 2 is 2.14 bits per heavy atom. The average molecular weight is 145 g/mol. The molecular weight excluding hydrogens is 135 g/mol. The Morgan fingerprint density at radius 1 is 1.71 bits per heavy atom. The summed E-state index contributed by atoms with van der Waals surface area (Å²) in [5.74, 6) is 0.553. The molecule has 0 rings (SSSR count). The largest absolute Gasteiger partial charge is 0.393 e. The molecule has 1 atom stereocenters. The summed E-state index contributed by atoms with van der Waals surface area (Å²) in [5.41, 5.74) is 0. The Bertz CT molecular complexity index is 30.9. The predicted molar refractivity (Wildman–Crippen MR) is 34.3 cm³/mol. The minimum atomic E-state index is -0.234. The smallest absolute Gasteiger partial charge is 0.0523 e. The maximum atomic E-state index is 8.47. The number of alkyl halides is 1. The SMILES string of the molecule is CC(O)CCCl.Cl. The van der Waals surface area contributed by atoms with Gasteiger partial charge < -0.3 is 5.11 Å². The van der Waals surface area contributed by atoms with Crippen LogP contribution in [0.4, 0.5) is 0 Å². The summed E-state index contributed by atoms with van der Waals surface area (Å²) in [6.45, 7) is 1.72. The van der Waals surface area contributed by atoms with Crippen LogP contribution in [0, 0.1) is 0 Å². The molecule has 0 aromatic rings. The minimum Gasteiger partial charge on any atom is -0.393 e. The summed E-state index contributed by atoms with van der Waals surface area (Å²) >= 11 is 5.24. The summed E-state index contributed by atoms with van der Waals surface area (Å²) in [4.78, 5) is 0. The fourth-order valence-electron chi connectivity index (χ4n) is 0.158. The van der Waals surface area contributed by atoms with Crippen LogP contribution in [0.25, 0.3) is 0 Å². The zero-order chi connectivity index (χ0) is 4.99. The van der Waals surface area contributed by atoms with Crippen molar-refractivity contribution in [1.29, 1.82) is 0 Å². The molecule has 3 heteroatoms. The van der Waals surface area contributed by atoms with Crippen LogP contribution in [0.15, 0.2) is 0 Å². The van der Waals surface area contributed by atoms with Gasteiger partial charge in [-0.3, -0.25) is 0 Å². The van der Waals surface area contributed by atoms with Crippen molar-refractivity contribution >= 4 is 24.0 Å². The molecule has 7 heavy (non-hydrogen) atoms. The predicted octanol–water partition coefficient (Wildman–Crippen LogP) is 1.42. The van der Waals surface area contributed by atoms with Crippen LogP contribution < -0.4 is 0 Å². The van der Waals surface area contributed by atoms with E-state index >= 15 is 0 Å². The summed E-state index contributed by atoms with van der Waals surface area (Å²) in [6.07, 6.45) is 0.462. The second-order valence-corrected chi connectivity index (χ2v) is 1.70. The van der Waals surface area contributed by atoms with E-state index in [1.54, 1.807) is 6.92 Å². The van der Waals surface area contributed by atoms with Crippen LogP contribution in [0.5, 0.6) is 0 Å². The van der Waals surface area contributed by atoms with Crippen LogP contribution in [0.1, 0.15) is 13.3 Å². The molecule has 1 nitrogen and oxygen atoms in total. The molecule has 0 aliphatic heterocycles. The van der Waals surface area contributed by atoms with E-state index in [1.807, 2.05) is 0 Å². The van der Waals surface area contributed by atoms with Crippen LogP contribution in [0.3, 0.4) is 0 Å². The van der Waals surface area contributed by atoms with E-state index in [-0.39, 0.29) is 18.5 Å². The fourth-order valence-corrected chi connectivity index (χ4v) is 0.474. The van der Waals surface area contributed by atoms with E-state index in [0.717, 1.165) is 0 Å². The van der Waals surface area contributed by atoms with Crippen molar-refractivity contribution in [2.45, 2.75) is 19.4 Å². The van der Waals surface area contributed by atoms with Crippen molar-refractivity contribution in [3.8, 4) is 0 Å². The van der Waals surface area contributed by atoms with Gasteiger partial charge in [-0.2, -0.15) is 0 Å². The molecule has 0 bridgehead atoms. The zero-order valence-corrected chi connectivity index (χ0v) is 5.80. The van der Waals surface area contributed by atoms with Crippen molar-refractivity contribution in [3.05, 3.63) is 0 Å². The number of rotatable bonds is 2. The molecular formula is C4H10Cl2O. The lowest BCUT2D eigenvalue weighted by molar-refractivity contribution is 0.192. The highest BCUT2D eigenvalue weighted by Gasteiger charge is 1.88. The summed E-state index contributed by atoms with van der Waals surface area (Å²) in [6, 6.07) is 0. The second-order valence-electron chi connectivity index (χ2n) is 1.33. The molecule has 0 amide bonds. The van der Waals surface area contributed by atoms with Gasteiger partial charge in [0.2, 0.25) is 0 Å². The zero-order valence-electron chi connectivity index (χ0n) is 4.22. The molecule has 0 aromatic heterocycles. The minimum absolute atomic E-state index is 0. The van der Waals surface area contributed by atoms with Gasteiger partial charge in [0.1, 0.15) is 0 Å². The molecule has 1 N–H and O–H groups in total. The molecule has 0 heterocycles. The Labute approximate surface area is 55.1 Å². The van der Waals surface area contributed by atoms with Gasteiger partial charge in [0.05, 0.1) is 6.10 Å². The maximum absolute atomic E-state index is 8.47. The van der Waals surface area contributed by atoms with E-state index in [9.17, 15) is 0 Å². The Hall–Kier alpha value is 0.540. The van der Waals surface area contributed by atoms with Crippen LogP contribution in [0.2, 0.25) is 0 Å². The molecule has 46 valence electrons. The average Bonchev–Trinajstić information content (AvgIpc) is 1.35. The quantitative estimate of drug-likeness (QED) is 0.582. The topological polar surface area (TPSA) is 20.2 Å². The normalized spacial score (nSPS) is 12.4. The van der Waals surface area contributed by atoms with Gasteiger partial charge in [0, 0.05) is 5.88 Å². The van der Waals surface area contributed by atoms with E-state index in [4.69, 9.17) is 16.7 Å². The number of halogens is 2. The maximum Gasteiger partial charge on any atom is 0.0523 e. The monoisotopic (exact) mass is 144 g/mol. The van der Waals surface area contributed by atoms with E-state index in [1.165, 1.54) is 0 Å². The second kappa shape index (κ2) is 6.54. The third-order valence-corrected chi connectivity index (χ3v) is 0.745. The highest BCUT2D eigenvalue weighted by Crippen LogP contribution is 1.89. The summed E-state index contributed by atoms with van der Waals surface area (Å²) in [5, 5.41) is 8.47. The first kappa shape index (κ1) is 10.5. The molecule has 0 aliphatic carbocycles. The first-order valence-corrected chi connectivity index (χ1v) is 2.55. The standard InChI is InChI=1S/C4H9ClO.ClH/c1-4(6)2-3-5;/h4,6H,2-3H2,1H3;1H. The fraction of sp³-hybridized carbons (Fsp3) is 1.00. The molecule has 0 aromatic carbocycles. The molecule has 0 fully saturated rings. The molecule has 1 unspecified atom stereocenters. The van der Waals surface area contributed by atoms with E-state index in [2.05, 4.69) is 0 Å². The van der Waals surface area contributed by atoms with Crippen LogP contribution >= 0.6 is 24.0 Å². The van der Waals surface area contributed by atoms with Crippen molar-refractivity contribution < 1.29 is 5.11 Å².